The van der Waals surface area contributed by atoms with E-state index in [2.05, 4.69) is 15.5 Å². The first kappa shape index (κ1) is 21.0. The Labute approximate surface area is 178 Å². The Bertz CT molecular complexity index is 1340. The second-order valence-corrected chi connectivity index (χ2v) is 6.76. The van der Waals surface area contributed by atoms with Crippen LogP contribution < -0.4 is 5.32 Å². The first-order valence-electron chi connectivity index (χ1n) is 9.27. The zero-order valence-corrected chi connectivity index (χ0v) is 16.5. The van der Waals surface area contributed by atoms with Gasteiger partial charge in [0.1, 0.15) is 17.5 Å². The first-order valence-corrected chi connectivity index (χ1v) is 9.27. The molecule has 32 heavy (non-hydrogen) atoms. The summed E-state index contributed by atoms with van der Waals surface area (Å²) in [5, 5.41) is 6.22. The average Bonchev–Trinajstić information content (AvgIpc) is 3.15. The number of carbonyl (C=O) groups is 2. The number of hydrogen-bond donors (Lipinski definition) is 1. The number of rotatable bonds is 5. The molecule has 1 amide bonds. The minimum absolute atomic E-state index is 0.0258. The fourth-order valence-corrected chi connectivity index (χ4v) is 3.01. The molecule has 0 aliphatic heterocycles. The highest BCUT2D eigenvalue weighted by Crippen LogP contribution is 2.27. The number of ether oxygens (including phenoxy) is 1. The predicted octanol–water partition coefficient (Wildman–Crippen LogP) is 4.41. The summed E-state index contributed by atoms with van der Waals surface area (Å²) in [5.74, 6) is -3.78. The molecule has 2 heterocycles. The molecule has 1 N–H and O–H groups in total. The van der Waals surface area contributed by atoms with E-state index in [1.54, 1.807) is 6.92 Å². The normalized spacial score (nSPS) is 10.9. The Morgan fingerprint density at radius 2 is 1.75 bits per heavy atom. The summed E-state index contributed by atoms with van der Waals surface area (Å²) >= 11 is 0. The lowest BCUT2D eigenvalue weighted by atomic mass is 10.1. The van der Waals surface area contributed by atoms with Crippen molar-refractivity contribution in [1.29, 1.82) is 0 Å². The average molecular weight is 441 g/mol. The highest BCUT2D eigenvalue weighted by atomic mass is 19.1. The summed E-state index contributed by atoms with van der Waals surface area (Å²) in [7, 11) is 0. The van der Waals surface area contributed by atoms with Crippen molar-refractivity contribution in [1.82, 2.24) is 10.1 Å². The molecule has 0 saturated heterocycles. The van der Waals surface area contributed by atoms with Crippen molar-refractivity contribution in [2.24, 2.45) is 0 Å². The van der Waals surface area contributed by atoms with Crippen LogP contribution in [0.5, 0.6) is 0 Å². The van der Waals surface area contributed by atoms with Crippen molar-refractivity contribution in [3.05, 3.63) is 77.2 Å². The summed E-state index contributed by atoms with van der Waals surface area (Å²) in [4.78, 5) is 29.1. The van der Waals surface area contributed by atoms with Crippen LogP contribution in [0, 0.1) is 24.4 Å². The molecule has 4 aromatic rings. The smallest absolute Gasteiger partial charge is 0.339 e. The van der Waals surface area contributed by atoms with Gasteiger partial charge in [0.05, 0.1) is 28.0 Å². The van der Waals surface area contributed by atoms with E-state index in [0.29, 0.717) is 17.0 Å². The molecule has 2 aromatic heterocycles. The van der Waals surface area contributed by atoms with Gasteiger partial charge in [0, 0.05) is 11.6 Å². The maximum Gasteiger partial charge on any atom is 0.339 e. The van der Waals surface area contributed by atoms with Crippen molar-refractivity contribution < 1.29 is 32.0 Å². The molecular weight excluding hydrogens is 427 g/mol. The summed E-state index contributed by atoms with van der Waals surface area (Å²) in [6.07, 6.45) is 0. The van der Waals surface area contributed by atoms with Crippen molar-refractivity contribution in [2.75, 3.05) is 11.9 Å². The number of aromatic nitrogens is 2. The Kier molecular flexibility index (Phi) is 5.59. The van der Waals surface area contributed by atoms with Gasteiger partial charge in [0.25, 0.3) is 11.6 Å². The van der Waals surface area contributed by atoms with Crippen molar-refractivity contribution in [2.45, 2.75) is 6.92 Å². The van der Waals surface area contributed by atoms with Crippen LogP contribution in [0.25, 0.3) is 22.4 Å². The van der Waals surface area contributed by atoms with E-state index in [4.69, 9.17) is 9.26 Å². The number of nitrogens with zero attached hydrogens (tertiary/aromatic N) is 2. The van der Waals surface area contributed by atoms with Gasteiger partial charge in [-0.2, -0.15) is 0 Å². The molecule has 0 aliphatic rings. The van der Waals surface area contributed by atoms with Crippen LogP contribution in [0.3, 0.4) is 0 Å². The van der Waals surface area contributed by atoms with Gasteiger partial charge in [-0.25, -0.2) is 22.9 Å². The molecule has 162 valence electrons. The largest absolute Gasteiger partial charge is 0.452 e. The quantitative estimate of drug-likeness (QED) is 0.461. The van der Waals surface area contributed by atoms with Gasteiger partial charge < -0.3 is 14.6 Å². The Morgan fingerprint density at radius 3 is 2.50 bits per heavy atom. The van der Waals surface area contributed by atoms with Crippen LogP contribution in [-0.4, -0.2) is 28.6 Å². The van der Waals surface area contributed by atoms with E-state index in [-0.39, 0.29) is 22.4 Å². The van der Waals surface area contributed by atoms with Gasteiger partial charge >= 0.3 is 5.97 Å². The number of aryl methyl sites for hydroxylation is 1. The molecule has 0 fully saturated rings. The minimum Gasteiger partial charge on any atom is -0.452 e. The summed E-state index contributed by atoms with van der Waals surface area (Å²) in [6, 6.07) is 9.40. The zero-order valence-electron chi connectivity index (χ0n) is 16.5. The number of pyridine rings is 1. The number of carbonyl (C=O) groups excluding carboxylic acids is 2. The third-order valence-electron chi connectivity index (χ3n) is 4.51. The lowest BCUT2D eigenvalue weighted by molar-refractivity contribution is -0.119. The molecule has 0 saturated carbocycles. The number of benzene rings is 2. The minimum atomic E-state index is -0.887. The van der Waals surface area contributed by atoms with E-state index < -0.39 is 35.9 Å². The zero-order chi connectivity index (χ0) is 22.8. The van der Waals surface area contributed by atoms with Crippen LogP contribution in [-0.2, 0) is 9.53 Å². The Balaban J connectivity index is 1.57. The van der Waals surface area contributed by atoms with Gasteiger partial charge in [0.15, 0.2) is 6.61 Å². The van der Waals surface area contributed by atoms with Gasteiger partial charge in [-0.3, -0.25) is 4.79 Å². The second kappa shape index (κ2) is 8.50. The van der Waals surface area contributed by atoms with Crippen molar-refractivity contribution in [3.63, 3.8) is 0 Å². The third kappa shape index (κ3) is 4.29. The predicted molar refractivity (Wildman–Crippen MR) is 107 cm³/mol. The number of nitrogens with one attached hydrogen (secondary N) is 1. The van der Waals surface area contributed by atoms with Gasteiger partial charge in [-0.15, -0.1) is 0 Å². The topological polar surface area (TPSA) is 94.3 Å². The van der Waals surface area contributed by atoms with E-state index in [1.807, 2.05) is 0 Å². The second-order valence-electron chi connectivity index (χ2n) is 6.76. The highest BCUT2D eigenvalue weighted by molar-refractivity contribution is 6.05. The van der Waals surface area contributed by atoms with Crippen LogP contribution in [0.1, 0.15) is 16.1 Å². The van der Waals surface area contributed by atoms with Crippen LogP contribution in [0.15, 0.2) is 53.1 Å². The summed E-state index contributed by atoms with van der Waals surface area (Å²) in [6.45, 7) is 0.843. The number of esters is 1. The number of halogens is 3. The Hall–Kier alpha value is -4.21. The van der Waals surface area contributed by atoms with Gasteiger partial charge in [-0.1, -0.05) is 5.16 Å². The maximum absolute atomic E-state index is 13.7. The van der Waals surface area contributed by atoms with Crippen LogP contribution in [0.2, 0.25) is 0 Å². The molecule has 7 nitrogen and oxygen atoms in total. The molecule has 0 unspecified atom stereocenters. The molecule has 2 aromatic carbocycles. The molecule has 0 radical (unpaired) electrons. The molecule has 0 spiro atoms. The molecular formula is C22H14F3N3O4. The fourth-order valence-electron chi connectivity index (χ4n) is 3.01. The molecule has 0 aliphatic carbocycles. The fraction of sp³-hybridized carbons (Fsp3) is 0.0909. The molecule has 10 heteroatoms. The number of fused-ring (bicyclic) bond motifs is 1. The van der Waals surface area contributed by atoms with E-state index in [1.165, 1.54) is 30.3 Å². The summed E-state index contributed by atoms with van der Waals surface area (Å²) in [5.41, 5.74) is 0.880. The number of anilines is 1. The number of hydrogen-bond acceptors (Lipinski definition) is 6. The van der Waals surface area contributed by atoms with Crippen molar-refractivity contribution in [3.8, 4) is 11.3 Å². The lowest BCUT2D eigenvalue weighted by Gasteiger charge is -2.09. The van der Waals surface area contributed by atoms with E-state index in [9.17, 15) is 22.8 Å². The first-order chi connectivity index (χ1) is 15.3. The van der Waals surface area contributed by atoms with Crippen LogP contribution >= 0.6 is 0 Å². The standard InChI is InChI=1S/C22H14F3N3O4/c1-11-20-15(9-17(27-21(20)32-28-11)12-2-4-13(23)5-3-12)22(30)31-10-19(29)26-18-8-14(24)6-7-16(18)25/h2-9H,10H2,1H3,(H,26,29). The number of amides is 1. The monoisotopic (exact) mass is 441 g/mol. The maximum atomic E-state index is 13.7. The Morgan fingerprint density at radius 1 is 1.03 bits per heavy atom. The van der Waals surface area contributed by atoms with Crippen molar-refractivity contribution >= 4 is 28.7 Å². The third-order valence-corrected chi connectivity index (χ3v) is 4.51. The molecule has 0 atom stereocenters. The highest BCUT2D eigenvalue weighted by Gasteiger charge is 2.21. The molecule has 4 rings (SSSR count). The summed E-state index contributed by atoms with van der Waals surface area (Å²) < 4.78 is 50.4. The van der Waals surface area contributed by atoms with E-state index >= 15 is 0 Å². The molecule has 0 bridgehead atoms. The lowest BCUT2D eigenvalue weighted by Crippen LogP contribution is -2.21. The SMILES string of the molecule is Cc1noc2nc(-c3ccc(F)cc3)cc(C(=O)OCC(=O)Nc3cc(F)ccc3F)c12. The van der Waals surface area contributed by atoms with Crippen LogP contribution in [0.4, 0.5) is 18.9 Å². The van der Waals surface area contributed by atoms with E-state index in [0.717, 1.165) is 18.2 Å². The van der Waals surface area contributed by atoms with Gasteiger partial charge in [-0.05, 0) is 49.4 Å². The van der Waals surface area contributed by atoms with Gasteiger partial charge in [0.2, 0.25) is 0 Å².